The van der Waals surface area contributed by atoms with E-state index in [2.05, 4.69) is 15.7 Å². The lowest BCUT2D eigenvalue weighted by Crippen LogP contribution is -2.50. The van der Waals surface area contributed by atoms with E-state index in [0.29, 0.717) is 17.7 Å². The number of halogens is 2. The van der Waals surface area contributed by atoms with E-state index in [1.54, 1.807) is 23.0 Å². The molecule has 0 radical (unpaired) electrons. The summed E-state index contributed by atoms with van der Waals surface area (Å²) in [5.41, 5.74) is 4.24. The van der Waals surface area contributed by atoms with Crippen LogP contribution in [0.3, 0.4) is 0 Å². The van der Waals surface area contributed by atoms with E-state index >= 15 is 0 Å². The van der Waals surface area contributed by atoms with E-state index < -0.39 is 11.6 Å². The predicted octanol–water partition coefficient (Wildman–Crippen LogP) is 3.55. The largest absolute Gasteiger partial charge is 0.347 e. The van der Waals surface area contributed by atoms with Crippen molar-refractivity contribution in [3.8, 4) is 11.3 Å². The van der Waals surface area contributed by atoms with Gasteiger partial charge in [0.05, 0.1) is 5.69 Å². The van der Waals surface area contributed by atoms with Gasteiger partial charge in [0.1, 0.15) is 0 Å². The Morgan fingerprint density at radius 1 is 1.17 bits per heavy atom. The summed E-state index contributed by atoms with van der Waals surface area (Å²) >= 11 is 0. The van der Waals surface area contributed by atoms with E-state index in [4.69, 9.17) is 0 Å². The lowest BCUT2D eigenvalue weighted by molar-refractivity contribution is 0.0924. The highest BCUT2D eigenvalue weighted by atomic mass is 19.2. The van der Waals surface area contributed by atoms with Gasteiger partial charge >= 0.3 is 0 Å². The fourth-order valence-corrected chi connectivity index (χ4v) is 4.13. The lowest BCUT2D eigenvalue weighted by Gasteiger charge is -2.33. The molecule has 4 rings (SSSR count). The summed E-state index contributed by atoms with van der Waals surface area (Å²) in [5.74, 6) is -1.99. The number of carbonyl (C=O) groups is 1. The fourth-order valence-electron chi connectivity index (χ4n) is 4.13. The zero-order valence-corrected chi connectivity index (χ0v) is 17.0. The van der Waals surface area contributed by atoms with Crippen molar-refractivity contribution in [3.63, 3.8) is 0 Å². The molecule has 156 valence electrons. The molecule has 1 aliphatic heterocycles. The second-order valence-corrected chi connectivity index (χ2v) is 7.72. The number of hydrogen-bond acceptors (Lipinski definition) is 3. The number of rotatable bonds is 4. The van der Waals surface area contributed by atoms with Crippen LogP contribution in [-0.2, 0) is 7.05 Å². The minimum absolute atomic E-state index is 0.0832. The van der Waals surface area contributed by atoms with Crippen molar-refractivity contribution in [3.05, 3.63) is 77.0 Å². The van der Waals surface area contributed by atoms with Gasteiger partial charge in [-0.1, -0.05) is 12.1 Å². The number of piperidine rings is 1. The van der Waals surface area contributed by atoms with Crippen LogP contribution in [0.1, 0.15) is 33.8 Å². The Balaban J connectivity index is 1.54. The standard InChI is InChI=1S/C23H24F2N4O/c1-14-11-16(3-5-17(14)22-8-10-27-29(22)2)23(30)28-21-13-26-9-7-18(21)15-4-6-19(24)20(25)12-15/h3-6,8,10-12,18,21,26H,7,9,13H2,1-2H3,(H,28,30)/t18-,21+/m0/s1. The Kier molecular flexibility index (Phi) is 5.63. The van der Waals surface area contributed by atoms with Crippen molar-refractivity contribution in [1.29, 1.82) is 0 Å². The average molecular weight is 410 g/mol. The van der Waals surface area contributed by atoms with Crippen molar-refractivity contribution in [2.45, 2.75) is 25.3 Å². The zero-order valence-electron chi connectivity index (χ0n) is 17.0. The molecular weight excluding hydrogens is 386 g/mol. The highest BCUT2D eigenvalue weighted by molar-refractivity contribution is 5.95. The van der Waals surface area contributed by atoms with Crippen LogP contribution in [-0.4, -0.2) is 34.8 Å². The second kappa shape index (κ2) is 8.36. The third-order valence-electron chi connectivity index (χ3n) is 5.76. The number of hydrogen-bond donors (Lipinski definition) is 2. The Bertz CT molecular complexity index is 1080. The molecule has 30 heavy (non-hydrogen) atoms. The summed E-state index contributed by atoms with van der Waals surface area (Å²) in [7, 11) is 1.88. The molecule has 1 saturated heterocycles. The van der Waals surface area contributed by atoms with E-state index in [-0.39, 0.29) is 17.9 Å². The number of nitrogens with zero attached hydrogens (tertiary/aromatic N) is 2. The van der Waals surface area contributed by atoms with E-state index in [1.165, 1.54) is 6.07 Å². The fraction of sp³-hybridized carbons (Fsp3) is 0.304. The number of benzene rings is 2. The van der Waals surface area contributed by atoms with Gasteiger partial charge in [-0.05, 0) is 61.3 Å². The molecule has 5 nitrogen and oxygen atoms in total. The molecule has 1 aromatic heterocycles. The van der Waals surface area contributed by atoms with Crippen LogP contribution in [0, 0.1) is 18.6 Å². The summed E-state index contributed by atoms with van der Waals surface area (Å²) in [6.07, 6.45) is 2.47. The maximum atomic E-state index is 13.7. The third-order valence-corrected chi connectivity index (χ3v) is 5.76. The third kappa shape index (κ3) is 3.98. The molecule has 0 saturated carbocycles. The highest BCUT2D eigenvalue weighted by Crippen LogP contribution is 2.28. The molecule has 0 spiro atoms. The van der Waals surface area contributed by atoms with Gasteiger partial charge < -0.3 is 10.6 Å². The van der Waals surface area contributed by atoms with E-state index in [0.717, 1.165) is 35.9 Å². The average Bonchev–Trinajstić information content (AvgIpc) is 3.16. The number of nitrogens with one attached hydrogen (secondary N) is 2. The SMILES string of the molecule is Cc1cc(C(=O)N[C@@H]2CNCC[C@H]2c2ccc(F)c(F)c2)ccc1-c1ccnn1C. The summed E-state index contributed by atoms with van der Waals surface area (Å²) < 4.78 is 28.9. The lowest BCUT2D eigenvalue weighted by atomic mass is 9.85. The van der Waals surface area contributed by atoms with Gasteiger partial charge in [0, 0.05) is 42.9 Å². The topological polar surface area (TPSA) is 59.0 Å². The summed E-state index contributed by atoms with van der Waals surface area (Å²) in [5, 5.41) is 10.5. The quantitative estimate of drug-likeness (QED) is 0.692. The van der Waals surface area contributed by atoms with Crippen LogP contribution in [0.4, 0.5) is 8.78 Å². The minimum atomic E-state index is -0.864. The normalized spacial score (nSPS) is 18.9. The molecule has 1 aliphatic rings. The molecule has 0 unspecified atom stereocenters. The Morgan fingerprint density at radius 3 is 2.70 bits per heavy atom. The van der Waals surface area contributed by atoms with Gasteiger partial charge in [-0.25, -0.2) is 8.78 Å². The van der Waals surface area contributed by atoms with Gasteiger partial charge in [-0.2, -0.15) is 5.10 Å². The smallest absolute Gasteiger partial charge is 0.251 e. The molecule has 2 atom stereocenters. The van der Waals surface area contributed by atoms with Gasteiger partial charge in [-0.3, -0.25) is 9.48 Å². The Hall–Kier alpha value is -3.06. The van der Waals surface area contributed by atoms with Crippen molar-refractivity contribution in [2.75, 3.05) is 13.1 Å². The molecule has 2 heterocycles. The monoisotopic (exact) mass is 410 g/mol. The van der Waals surface area contributed by atoms with Crippen molar-refractivity contribution >= 4 is 5.91 Å². The predicted molar refractivity (Wildman–Crippen MR) is 111 cm³/mol. The highest BCUT2D eigenvalue weighted by Gasteiger charge is 2.28. The number of carbonyl (C=O) groups excluding carboxylic acids is 1. The molecule has 1 amide bonds. The maximum Gasteiger partial charge on any atom is 0.251 e. The van der Waals surface area contributed by atoms with Crippen LogP contribution in [0.5, 0.6) is 0 Å². The van der Waals surface area contributed by atoms with Gasteiger partial charge in [0.25, 0.3) is 5.91 Å². The number of amides is 1. The molecule has 2 N–H and O–H groups in total. The molecule has 1 fully saturated rings. The van der Waals surface area contributed by atoms with E-state index in [9.17, 15) is 13.6 Å². The first kappa shape index (κ1) is 20.2. The van der Waals surface area contributed by atoms with E-state index in [1.807, 2.05) is 32.2 Å². The summed E-state index contributed by atoms with van der Waals surface area (Å²) in [6, 6.07) is 11.3. The maximum absolute atomic E-state index is 13.7. The molecule has 2 aromatic carbocycles. The molecule has 0 aliphatic carbocycles. The van der Waals surface area contributed by atoms with Crippen LogP contribution < -0.4 is 10.6 Å². The van der Waals surface area contributed by atoms with Crippen molar-refractivity contribution < 1.29 is 13.6 Å². The van der Waals surface area contributed by atoms with Gasteiger partial charge in [0.15, 0.2) is 11.6 Å². The van der Waals surface area contributed by atoms with Gasteiger partial charge in [0.2, 0.25) is 0 Å². The first-order valence-corrected chi connectivity index (χ1v) is 9.99. The van der Waals surface area contributed by atoms with Crippen LogP contribution in [0.25, 0.3) is 11.3 Å². The molecular formula is C23H24F2N4O. The number of aryl methyl sites for hydroxylation is 2. The zero-order chi connectivity index (χ0) is 21.3. The first-order valence-electron chi connectivity index (χ1n) is 9.99. The van der Waals surface area contributed by atoms with Crippen LogP contribution >= 0.6 is 0 Å². The molecule has 3 aromatic rings. The first-order chi connectivity index (χ1) is 14.4. The molecule has 0 bridgehead atoms. The summed E-state index contributed by atoms with van der Waals surface area (Å²) in [4.78, 5) is 12.9. The number of aromatic nitrogens is 2. The summed E-state index contributed by atoms with van der Waals surface area (Å²) in [6.45, 7) is 3.29. The van der Waals surface area contributed by atoms with Crippen molar-refractivity contribution in [1.82, 2.24) is 20.4 Å². The van der Waals surface area contributed by atoms with Crippen LogP contribution in [0.15, 0.2) is 48.7 Å². The van der Waals surface area contributed by atoms with Crippen molar-refractivity contribution in [2.24, 2.45) is 7.05 Å². The van der Waals surface area contributed by atoms with Gasteiger partial charge in [-0.15, -0.1) is 0 Å². The second-order valence-electron chi connectivity index (χ2n) is 7.72. The minimum Gasteiger partial charge on any atom is -0.347 e. The molecule has 7 heteroatoms. The van der Waals surface area contributed by atoms with Crippen LogP contribution in [0.2, 0.25) is 0 Å². The Morgan fingerprint density at radius 2 is 2.00 bits per heavy atom. The Labute approximate surface area is 174 Å².